The molecule has 2 amide bonds. The van der Waals surface area contributed by atoms with E-state index in [0.717, 1.165) is 4.90 Å². The minimum Gasteiger partial charge on any atom is -0.496 e. The van der Waals surface area contributed by atoms with Crippen LogP contribution in [0.15, 0.2) is 72.4 Å². The lowest BCUT2D eigenvalue weighted by Gasteiger charge is -2.16. The summed E-state index contributed by atoms with van der Waals surface area (Å²) in [6.45, 7) is 1.80. The molecule has 0 aliphatic carbocycles. The first-order valence-corrected chi connectivity index (χ1v) is 9.85. The van der Waals surface area contributed by atoms with Crippen molar-refractivity contribution in [1.82, 2.24) is 0 Å². The first-order valence-electron chi connectivity index (χ1n) is 9.47. The third-order valence-corrected chi connectivity index (χ3v) is 5.49. The Morgan fingerprint density at radius 1 is 0.935 bits per heavy atom. The van der Waals surface area contributed by atoms with Gasteiger partial charge in [-0.3, -0.25) is 9.59 Å². The van der Waals surface area contributed by atoms with Crippen molar-refractivity contribution in [3.05, 3.63) is 94.4 Å². The van der Waals surface area contributed by atoms with E-state index in [1.807, 2.05) is 0 Å². The molecule has 0 aromatic heterocycles. The van der Waals surface area contributed by atoms with Gasteiger partial charge in [0.2, 0.25) is 0 Å². The predicted molar refractivity (Wildman–Crippen MR) is 119 cm³/mol. The second-order valence-electron chi connectivity index (χ2n) is 6.88. The van der Waals surface area contributed by atoms with Crippen LogP contribution in [-0.4, -0.2) is 18.9 Å². The van der Waals surface area contributed by atoms with Gasteiger partial charge in [0.1, 0.15) is 17.3 Å². The van der Waals surface area contributed by atoms with Gasteiger partial charge in [0.05, 0.1) is 18.4 Å². The molecule has 0 radical (unpaired) electrons. The Balaban J connectivity index is 1.91. The summed E-state index contributed by atoms with van der Waals surface area (Å²) in [6, 6.07) is 17.7. The van der Waals surface area contributed by atoms with Crippen LogP contribution in [-0.2, 0) is 9.59 Å². The molecule has 0 atom stereocenters. The molecule has 0 unspecified atom stereocenters. The summed E-state index contributed by atoms with van der Waals surface area (Å²) < 4.78 is 19.9. The fraction of sp³-hybridized carbons (Fsp3) is 0.0833. The SMILES string of the molecule is COc1ccccc1C1=C(Nc2cccc(Cl)c2C)C(=O)N(c2ccccc2F)C1=O. The molecule has 1 N–H and O–H groups in total. The molecule has 1 aliphatic heterocycles. The van der Waals surface area contributed by atoms with Crippen molar-refractivity contribution in [1.29, 1.82) is 0 Å². The first kappa shape index (κ1) is 20.6. The van der Waals surface area contributed by atoms with Gasteiger partial charge in [-0.05, 0) is 42.8 Å². The molecule has 5 nitrogen and oxygen atoms in total. The molecule has 0 saturated heterocycles. The van der Waals surface area contributed by atoms with Crippen LogP contribution in [0.4, 0.5) is 15.8 Å². The Morgan fingerprint density at radius 2 is 1.65 bits per heavy atom. The van der Waals surface area contributed by atoms with Gasteiger partial charge in [0.15, 0.2) is 0 Å². The Morgan fingerprint density at radius 3 is 2.39 bits per heavy atom. The highest BCUT2D eigenvalue weighted by Crippen LogP contribution is 2.38. The molecule has 156 valence electrons. The van der Waals surface area contributed by atoms with Crippen LogP contribution in [0, 0.1) is 12.7 Å². The molecule has 4 rings (SSSR count). The Kier molecular flexibility index (Phi) is 5.48. The van der Waals surface area contributed by atoms with E-state index in [-0.39, 0.29) is 17.0 Å². The summed E-state index contributed by atoms with van der Waals surface area (Å²) in [5.41, 5.74) is 1.68. The second-order valence-corrected chi connectivity index (χ2v) is 7.29. The van der Waals surface area contributed by atoms with Crippen molar-refractivity contribution in [2.75, 3.05) is 17.3 Å². The molecule has 0 fully saturated rings. The smallest absolute Gasteiger partial charge is 0.282 e. The molecular formula is C24H18ClFN2O3. The van der Waals surface area contributed by atoms with Gasteiger partial charge in [0.25, 0.3) is 11.8 Å². The number of methoxy groups -OCH3 is 1. The second kappa shape index (κ2) is 8.24. The Hall–Kier alpha value is -3.64. The predicted octanol–water partition coefficient (Wildman–Crippen LogP) is 5.19. The average Bonchev–Trinajstić information content (AvgIpc) is 3.01. The number of nitrogens with one attached hydrogen (secondary N) is 1. The third-order valence-electron chi connectivity index (χ3n) is 5.08. The number of ether oxygens (including phenoxy) is 1. The van der Waals surface area contributed by atoms with Crippen LogP contribution in [0.3, 0.4) is 0 Å². The lowest BCUT2D eigenvalue weighted by molar-refractivity contribution is -0.120. The number of rotatable bonds is 5. The van der Waals surface area contributed by atoms with Crippen molar-refractivity contribution in [2.24, 2.45) is 0 Å². The van der Waals surface area contributed by atoms with E-state index in [0.29, 0.717) is 27.6 Å². The van der Waals surface area contributed by atoms with Crippen LogP contribution in [0.25, 0.3) is 5.57 Å². The van der Waals surface area contributed by atoms with Gasteiger partial charge in [0, 0.05) is 16.3 Å². The molecule has 0 spiro atoms. The zero-order valence-electron chi connectivity index (χ0n) is 16.8. The molecule has 3 aromatic rings. The van der Waals surface area contributed by atoms with Crippen molar-refractivity contribution in [2.45, 2.75) is 6.92 Å². The molecular weight excluding hydrogens is 419 g/mol. The summed E-state index contributed by atoms with van der Waals surface area (Å²) in [7, 11) is 1.48. The number of anilines is 2. The minimum absolute atomic E-state index is 0.0168. The highest BCUT2D eigenvalue weighted by atomic mass is 35.5. The number of benzene rings is 3. The number of hydrogen-bond acceptors (Lipinski definition) is 4. The Labute approximate surface area is 183 Å². The highest BCUT2D eigenvalue weighted by molar-refractivity contribution is 6.46. The largest absolute Gasteiger partial charge is 0.496 e. The van der Waals surface area contributed by atoms with Crippen molar-refractivity contribution in [3.63, 3.8) is 0 Å². The van der Waals surface area contributed by atoms with Crippen molar-refractivity contribution < 1.29 is 18.7 Å². The van der Waals surface area contributed by atoms with Crippen LogP contribution in [0.2, 0.25) is 5.02 Å². The summed E-state index contributed by atoms with van der Waals surface area (Å²) in [4.78, 5) is 27.7. The lowest BCUT2D eigenvalue weighted by atomic mass is 10.0. The van der Waals surface area contributed by atoms with E-state index in [4.69, 9.17) is 16.3 Å². The number of amides is 2. The van der Waals surface area contributed by atoms with E-state index in [1.165, 1.54) is 25.3 Å². The van der Waals surface area contributed by atoms with E-state index in [1.54, 1.807) is 55.5 Å². The molecule has 3 aromatic carbocycles. The van der Waals surface area contributed by atoms with Gasteiger partial charge < -0.3 is 10.1 Å². The first-order chi connectivity index (χ1) is 14.9. The fourth-order valence-corrected chi connectivity index (χ4v) is 3.65. The minimum atomic E-state index is -0.677. The zero-order valence-corrected chi connectivity index (χ0v) is 17.5. The summed E-state index contributed by atoms with van der Waals surface area (Å²) in [5, 5.41) is 3.56. The van der Waals surface area contributed by atoms with E-state index < -0.39 is 17.6 Å². The summed E-state index contributed by atoms with van der Waals surface area (Å²) >= 11 is 6.22. The van der Waals surface area contributed by atoms with Gasteiger partial charge >= 0.3 is 0 Å². The van der Waals surface area contributed by atoms with E-state index >= 15 is 0 Å². The molecule has 7 heteroatoms. The quantitative estimate of drug-likeness (QED) is 0.559. The van der Waals surface area contributed by atoms with Crippen LogP contribution in [0.1, 0.15) is 11.1 Å². The van der Waals surface area contributed by atoms with Gasteiger partial charge in [-0.15, -0.1) is 0 Å². The number of imide groups is 1. The van der Waals surface area contributed by atoms with Crippen LogP contribution >= 0.6 is 11.6 Å². The zero-order chi connectivity index (χ0) is 22.1. The third kappa shape index (κ3) is 3.55. The maximum absolute atomic E-state index is 14.5. The van der Waals surface area contributed by atoms with Crippen molar-refractivity contribution >= 4 is 40.4 Å². The normalized spacial score (nSPS) is 13.7. The van der Waals surface area contributed by atoms with E-state index in [9.17, 15) is 14.0 Å². The molecule has 31 heavy (non-hydrogen) atoms. The monoisotopic (exact) mass is 436 g/mol. The topological polar surface area (TPSA) is 58.6 Å². The average molecular weight is 437 g/mol. The maximum atomic E-state index is 14.5. The standard InChI is InChI=1S/C24H18ClFN2O3/c1-14-16(25)9-7-11-18(14)27-22-21(15-8-3-6-13-20(15)31-2)23(29)28(24(22)30)19-12-5-4-10-17(19)26/h3-13,27H,1-2H3. The number of carbonyl (C=O) groups is 2. The summed E-state index contributed by atoms with van der Waals surface area (Å²) in [5.74, 6) is -1.59. The lowest BCUT2D eigenvalue weighted by Crippen LogP contribution is -2.33. The number of halogens is 2. The highest BCUT2D eigenvalue weighted by Gasteiger charge is 2.42. The summed E-state index contributed by atoms with van der Waals surface area (Å²) in [6.07, 6.45) is 0. The van der Waals surface area contributed by atoms with Gasteiger partial charge in [-0.25, -0.2) is 9.29 Å². The molecule has 1 aliphatic rings. The maximum Gasteiger partial charge on any atom is 0.282 e. The molecule has 0 saturated carbocycles. The molecule has 0 bridgehead atoms. The van der Waals surface area contributed by atoms with E-state index in [2.05, 4.69) is 5.32 Å². The number of carbonyl (C=O) groups excluding carboxylic acids is 2. The van der Waals surface area contributed by atoms with Crippen molar-refractivity contribution in [3.8, 4) is 5.75 Å². The van der Waals surface area contributed by atoms with Gasteiger partial charge in [-0.2, -0.15) is 0 Å². The Bertz CT molecular complexity index is 1240. The van der Waals surface area contributed by atoms with Gasteiger partial charge in [-0.1, -0.05) is 48.0 Å². The number of para-hydroxylation sites is 2. The number of nitrogens with zero attached hydrogens (tertiary/aromatic N) is 1. The fourth-order valence-electron chi connectivity index (χ4n) is 3.48. The van der Waals surface area contributed by atoms with Crippen LogP contribution < -0.4 is 15.0 Å². The molecule has 1 heterocycles. The van der Waals surface area contributed by atoms with Crippen LogP contribution in [0.5, 0.6) is 5.75 Å². The number of hydrogen-bond donors (Lipinski definition) is 1.